The molecular weight excluding hydrogens is 268 g/mol. The number of piperazine rings is 1. The maximum atomic E-state index is 12.5. The largest absolute Gasteiger partial charge is 0.465 e. The lowest BCUT2D eigenvalue weighted by Crippen LogP contribution is -2.57. The van der Waals surface area contributed by atoms with E-state index in [1.807, 2.05) is 17.0 Å². The number of hydrogen-bond donors (Lipinski definition) is 1. The van der Waals surface area contributed by atoms with Crippen LogP contribution in [0.25, 0.3) is 0 Å². The number of benzene rings is 1. The molecule has 1 amide bonds. The minimum atomic E-state index is -0.364. The van der Waals surface area contributed by atoms with Gasteiger partial charge in [0, 0.05) is 25.2 Å². The highest BCUT2D eigenvalue weighted by molar-refractivity contribution is 5.89. The average molecular weight is 290 g/mol. The Morgan fingerprint density at radius 1 is 1.19 bits per heavy atom. The second-order valence-corrected chi connectivity index (χ2v) is 5.52. The summed E-state index contributed by atoms with van der Waals surface area (Å²) in [5.74, 6) is -0.237. The summed E-state index contributed by atoms with van der Waals surface area (Å²) in [6.45, 7) is 5.77. The van der Waals surface area contributed by atoms with E-state index in [9.17, 15) is 9.59 Å². The molecule has 21 heavy (non-hydrogen) atoms. The molecule has 1 aromatic carbocycles. The van der Waals surface area contributed by atoms with E-state index in [0.29, 0.717) is 12.0 Å². The number of esters is 1. The molecule has 1 N–H and O–H groups in total. The highest BCUT2D eigenvalue weighted by atomic mass is 16.5. The summed E-state index contributed by atoms with van der Waals surface area (Å²) >= 11 is 0. The molecule has 1 saturated heterocycles. The summed E-state index contributed by atoms with van der Waals surface area (Å²) in [5.41, 5.74) is 1.41. The van der Waals surface area contributed by atoms with Crippen molar-refractivity contribution in [1.82, 2.24) is 10.2 Å². The van der Waals surface area contributed by atoms with Gasteiger partial charge >= 0.3 is 5.97 Å². The van der Waals surface area contributed by atoms with Crippen molar-refractivity contribution in [2.24, 2.45) is 0 Å². The molecule has 0 bridgehead atoms. The monoisotopic (exact) mass is 290 g/mol. The first kappa shape index (κ1) is 15.5. The molecule has 0 aliphatic carbocycles. The number of carbonyl (C=O) groups excluding carboxylic acids is 2. The Balaban J connectivity index is 2.03. The van der Waals surface area contributed by atoms with Gasteiger partial charge in [0.05, 0.1) is 19.1 Å². The zero-order valence-electron chi connectivity index (χ0n) is 12.8. The molecule has 1 aromatic rings. The maximum absolute atomic E-state index is 12.5. The Kier molecular flexibility index (Phi) is 4.96. The van der Waals surface area contributed by atoms with Crippen molar-refractivity contribution < 1.29 is 14.3 Å². The van der Waals surface area contributed by atoms with Gasteiger partial charge in [0.1, 0.15) is 0 Å². The number of hydrogen-bond acceptors (Lipinski definition) is 4. The summed E-state index contributed by atoms with van der Waals surface area (Å²) in [6.07, 6.45) is 0.357. The van der Waals surface area contributed by atoms with Gasteiger partial charge in [0.15, 0.2) is 0 Å². The number of nitrogens with zero attached hydrogens (tertiary/aromatic N) is 1. The molecule has 1 aliphatic rings. The van der Waals surface area contributed by atoms with Crippen LogP contribution in [0, 0.1) is 0 Å². The molecule has 1 heterocycles. The molecule has 5 nitrogen and oxygen atoms in total. The van der Waals surface area contributed by atoms with Crippen molar-refractivity contribution in [3.63, 3.8) is 0 Å². The lowest BCUT2D eigenvalue weighted by Gasteiger charge is -2.39. The van der Waals surface area contributed by atoms with Gasteiger partial charge in [0.25, 0.3) is 0 Å². The van der Waals surface area contributed by atoms with E-state index in [2.05, 4.69) is 23.9 Å². The molecule has 1 fully saturated rings. The Morgan fingerprint density at radius 2 is 1.76 bits per heavy atom. The van der Waals surface area contributed by atoms with Gasteiger partial charge in [-0.2, -0.15) is 0 Å². The first-order chi connectivity index (χ1) is 10.0. The smallest absolute Gasteiger partial charge is 0.337 e. The van der Waals surface area contributed by atoms with E-state index in [4.69, 9.17) is 0 Å². The minimum Gasteiger partial charge on any atom is -0.465 e. The Labute approximate surface area is 125 Å². The lowest BCUT2D eigenvalue weighted by atomic mass is 10.1. The van der Waals surface area contributed by atoms with Gasteiger partial charge in [-0.15, -0.1) is 0 Å². The van der Waals surface area contributed by atoms with Crippen LogP contribution >= 0.6 is 0 Å². The number of amides is 1. The number of carbonyl (C=O) groups is 2. The molecule has 2 atom stereocenters. The topological polar surface area (TPSA) is 58.6 Å². The predicted molar refractivity (Wildman–Crippen MR) is 80.1 cm³/mol. The second kappa shape index (κ2) is 6.72. The summed E-state index contributed by atoms with van der Waals surface area (Å²) in [6, 6.07) is 7.41. The van der Waals surface area contributed by atoms with Crippen molar-refractivity contribution in [2.75, 3.05) is 20.2 Å². The van der Waals surface area contributed by atoms with Gasteiger partial charge in [-0.25, -0.2) is 4.79 Å². The Morgan fingerprint density at radius 3 is 2.29 bits per heavy atom. The summed E-state index contributed by atoms with van der Waals surface area (Å²) in [5, 5.41) is 3.31. The SMILES string of the molecule is COC(=O)c1ccc(CC(=O)N2[C@H](C)CNC[C@@H]2C)cc1. The second-order valence-electron chi connectivity index (χ2n) is 5.52. The molecular formula is C16H22N2O3. The number of nitrogens with one attached hydrogen (secondary N) is 1. The molecule has 1 aliphatic heterocycles. The fourth-order valence-corrected chi connectivity index (χ4v) is 2.77. The van der Waals surface area contributed by atoms with Crippen LogP contribution < -0.4 is 5.32 Å². The van der Waals surface area contributed by atoms with Crippen LogP contribution in [-0.2, 0) is 16.0 Å². The number of ether oxygens (including phenoxy) is 1. The normalized spacial score (nSPS) is 22.0. The van der Waals surface area contributed by atoms with Crippen LogP contribution in [0.4, 0.5) is 0 Å². The van der Waals surface area contributed by atoms with Gasteiger partial charge in [-0.05, 0) is 31.5 Å². The van der Waals surface area contributed by atoms with Gasteiger partial charge in [-0.3, -0.25) is 4.79 Å². The number of methoxy groups -OCH3 is 1. The van der Waals surface area contributed by atoms with Crippen LogP contribution in [0.15, 0.2) is 24.3 Å². The summed E-state index contributed by atoms with van der Waals surface area (Å²) in [4.78, 5) is 25.8. The van der Waals surface area contributed by atoms with Crippen molar-refractivity contribution in [3.8, 4) is 0 Å². The average Bonchev–Trinajstić information content (AvgIpc) is 2.47. The molecule has 0 unspecified atom stereocenters. The van der Waals surface area contributed by atoms with Gasteiger partial charge < -0.3 is 15.0 Å². The highest BCUT2D eigenvalue weighted by Crippen LogP contribution is 2.14. The highest BCUT2D eigenvalue weighted by Gasteiger charge is 2.28. The Hall–Kier alpha value is -1.88. The van der Waals surface area contributed by atoms with Crippen LogP contribution in [-0.4, -0.2) is 49.1 Å². The van der Waals surface area contributed by atoms with Crippen molar-refractivity contribution in [2.45, 2.75) is 32.4 Å². The third-order valence-corrected chi connectivity index (χ3v) is 3.85. The lowest BCUT2D eigenvalue weighted by molar-refractivity contribution is -0.135. The van der Waals surface area contributed by atoms with E-state index in [0.717, 1.165) is 18.7 Å². The fourth-order valence-electron chi connectivity index (χ4n) is 2.77. The zero-order chi connectivity index (χ0) is 15.4. The quantitative estimate of drug-likeness (QED) is 0.851. The molecule has 0 saturated carbocycles. The van der Waals surface area contributed by atoms with E-state index in [1.54, 1.807) is 12.1 Å². The van der Waals surface area contributed by atoms with E-state index >= 15 is 0 Å². The molecule has 0 spiro atoms. The zero-order valence-corrected chi connectivity index (χ0v) is 12.8. The van der Waals surface area contributed by atoms with E-state index < -0.39 is 0 Å². The first-order valence-electron chi connectivity index (χ1n) is 7.22. The summed E-state index contributed by atoms with van der Waals surface area (Å²) in [7, 11) is 1.35. The van der Waals surface area contributed by atoms with Crippen molar-refractivity contribution in [1.29, 1.82) is 0 Å². The third kappa shape index (κ3) is 3.61. The fraction of sp³-hybridized carbons (Fsp3) is 0.500. The standard InChI is InChI=1S/C16H22N2O3/c1-11-9-17-10-12(2)18(11)15(19)8-13-4-6-14(7-5-13)16(20)21-3/h4-7,11-12,17H,8-10H2,1-3H3/t11-,12+. The van der Waals surface area contributed by atoms with Crippen LogP contribution in [0.1, 0.15) is 29.8 Å². The van der Waals surface area contributed by atoms with Crippen LogP contribution in [0.3, 0.4) is 0 Å². The van der Waals surface area contributed by atoms with E-state index in [-0.39, 0.29) is 24.0 Å². The van der Waals surface area contributed by atoms with Crippen molar-refractivity contribution in [3.05, 3.63) is 35.4 Å². The molecule has 2 rings (SSSR count). The van der Waals surface area contributed by atoms with Crippen molar-refractivity contribution >= 4 is 11.9 Å². The minimum absolute atomic E-state index is 0.127. The number of rotatable bonds is 3. The first-order valence-corrected chi connectivity index (χ1v) is 7.22. The van der Waals surface area contributed by atoms with Gasteiger partial charge in [0.2, 0.25) is 5.91 Å². The molecule has 0 radical (unpaired) electrons. The predicted octanol–water partition coefficient (Wildman–Crippen LogP) is 1.22. The third-order valence-electron chi connectivity index (χ3n) is 3.85. The molecule has 5 heteroatoms. The molecule has 114 valence electrons. The summed E-state index contributed by atoms with van der Waals surface area (Å²) < 4.78 is 4.66. The van der Waals surface area contributed by atoms with E-state index in [1.165, 1.54) is 7.11 Å². The molecule has 0 aromatic heterocycles. The maximum Gasteiger partial charge on any atom is 0.337 e. The Bertz CT molecular complexity index is 503. The van der Waals surface area contributed by atoms with Crippen LogP contribution in [0.2, 0.25) is 0 Å². The van der Waals surface area contributed by atoms with Crippen LogP contribution in [0.5, 0.6) is 0 Å². The van der Waals surface area contributed by atoms with Gasteiger partial charge in [-0.1, -0.05) is 12.1 Å².